The standard InChI is InChI=1S/C31H22Br2ClN3O4/c1-17-7-9-18(10-8-17)31(39)41-24-13-11-20(32)15-19(24)16-35-37-30(38)29-26(21-5-3-4-6-23(21)34)27-22(33)12-14-25(40-2)28(27)36-29/h3-16,36H,1-2H3,(H,37,38). The molecule has 7 nitrogen and oxygen atoms in total. The number of aryl methyl sites for hydroxylation is 1. The van der Waals surface area contributed by atoms with E-state index < -0.39 is 11.9 Å². The monoisotopic (exact) mass is 693 g/mol. The summed E-state index contributed by atoms with van der Waals surface area (Å²) in [6.45, 7) is 1.94. The van der Waals surface area contributed by atoms with Gasteiger partial charge in [0.05, 0.1) is 24.4 Å². The van der Waals surface area contributed by atoms with Crippen LogP contribution in [0.2, 0.25) is 5.02 Å². The van der Waals surface area contributed by atoms with Gasteiger partial charge in [0.25, 0.3) is 5.91 Å². The van der Waals surface area contributed by atoms with Crippen LogP contribution in [0.15, 0.2) is 92.9 Å². The first-order valence-electron chi connectivity index (χ1n) is 12.3. The first-order valence-corrected chi connectivity index (χ1v) is 14.3. The first-order chi connectivity index (χ1) is 19.8. The van der Waals surface area contributed by atoms with Gasteiger partial charge in [0.2, 0.25) is 0 Å². The lowest BCUT2D eigenvalue weighted by Crippen LogP contribution is -2.19. The Labute approximate surface area is 257 Å². The zero-order valence-corrected chi connectivity index (χ0v) is 25.7. The van der Waals surface area contributed by atoms with E-state index in [1.807, 2.05) is 43.3 Å². The van der Waals surface area contributed by atoms with Crippen molar-refractivity contribution in [1.82, 2.24) is 10.4 Å². The second kappa shape index (κ2) is 12.3. The van der Waals surface area contributed by atoms with E-state index in [-0.39, 0.29) is 11.4 Å². The average molecular weight is 696 g/mol. The number of nitrogens with one attached hydrogen (secondary N) is 2. The number of ether oxygens (including phenoxy) is 2. The van der Waals surface area contributed by atoms with Crippen LogP contribution < -0.4 is 14.9 Å². The lowest BCUT2D eigenvalue weighted by atomic mass is 10.0. The second-order valence-electron chi connectivity index (χ2n) is 8.99. The van der Waals surface area contributed by atoms with E-state index in [9.17, 15) is 9.59 Å². The Hall–Kier alpha value is -3.92. The molecule has 10 heteroatoms. The van der Waals surface area contributed by atoms with Gasteiger partial charge >= 0.3 is 5.97 Å². The smallest absolute Gasteiger partial charge is 0.343 e. The summed E-state index contributed by atoms with van der Waals surface area (Å²) in [7, 11) is 1.56. The van der Waals surface area contributed by atoms with Crippen LogP contribution in [0.4, 0.5) is 0 Å². The van der Waals surface area contributed by atoms with E-state index in [4.69, 9.17) is 21.1 Å². The number of amides is 1. The second-order valence-corrected chi connectivity index (χ2v) is 11.2. The molecular weight excluding hydrogens is 674 g/mol. The summed E-state index contributed by atoms with van der Waals surface area (Å²) < 4.78 is 12.7. The molecule has 0 radical (unpaired) electrons. The molecule has 5 aromatic rings. The van der Waals surface area contributed by atoms with Crippen molar-refractivity contribution >= 4 is 72.5 Å². The molecule has 0 saturated carbocycles. The number of aromatic amines is 1. The van der Waals surface area contributed by atoms with Crippen molar-refractivity contribution in [3.8, 4) is 22.6 Å². The number of methoxy groups -OCH3 is 1. The van der Waals surface area contributed by atoms with Gasteiger partial charge in [-0.3, -0.25) is 4.79 Å². The number of fused-ring (bicyclic) bond motifs is 1. The van der Waals surface area contributed by atoms with Crippen LogP contribution in [0.3, 0.4) is 0 Å². The van der Waals surface area contributed by atoms with Crippen LogP contribution in [0, 0.1) is 6.92 Å². The molecule has 0 fully saturated rings. The van der Waals surface area contributed by atoms with Gasteiger partial charge in [-0.05, 0) is 55.5 Å². The molecule has 0 aliphatic carbocycles. The van der Waals surface area contributed by atoms with Crippen molar-refractivity contribution in [2.75, 3.05) is 7.11 Å². The highest BCUT2D eigenvalue weighted by atomic mass is 79.9. The molecule has 0 saturated heterocycles. The van der Waals surface area contributed by atoms with Crippen molar-refractivity contribution in [1.29, 1.82) is 0 Å². The van der Waals surface area contributed by atoms with Crippen molar-refractivity contribution in [3.05, 3.63) is 115 Å². The molecule has 5 rings (SSSR count). The number of carbonyl (C=O) groups excluding carboxylic acids is 2. The van der Waals surface area contributed by atoms with E-state index >= 15 is 0 Å². The fourth-order valence-electron chi connectivity index (χ4n) is 4.29. The minimum atomic E-state index is -0.506. The van der Waals surface area contributed by atoms with Gasteiger partial charge in [0, 0.05) is 36.0 Å². The largest absolute Gasteiger partial charge is 0.495 e. The molecule has 2 N–H and O–H groups in total. The maximum Gasteiger partial charge on any atom is 0.343 e. The van der Waals surface area contributed by atoms with Crippen LogP contribution in [-0.4, -0.2) is 30.2 Å². The highest BCUT2D eigenvalue weighted by Gasteiger charge is 2.24. The van der Waals surface area contributed by atoms with Gasteiger partial charge in [0.1, 0.15) is 17.2 Å². The highest BCUT2D eigenvalue weighted by molar-refractivity contribution is 9.11. The van der Waals surface area contributed by atoms with Crippen LogP contribution in [0.25, 0.3) is 22.0 Å². The number of nitrogens with zero attached hydrogens (tertiary/aromatic N) is 1. The molecule has 41 heavy (non-hydrogen) atoms. The Kier molecular flexibility index (Phi) is 8.58. The Bertz CT molecular complexity index is 1820. The maximum atomic E-state index is 13.5. The zero-order chi connectivity index (χ0) is 29.1. The molecule has 1 heterocycles. The van der Waals surface area contributed by atoms with E-state index in [1.165, 1.54) is 6.21 Å². The number of hydrogen-bond donors (Lipinski definition) is 2. The van der Waals surface area contributed by atoms with Gasteiger partial charge in [-0.25, -0.2) is 10.2 Å². The molecule has 0 bridgehead atoms. The van der Waals surface area contributed by atoms with Crippen LogP contribution in [-0.2, 0) is 0 Å². The number of H-pyrrole nitrogens is 1. The summed E-state index contributed by atoms with van der Waals surface area (Å²) in [5.74, 6) is -0.163. The molecule has 206 valence electrons. The number of rotatable bonds is 7. The summed E-state index contributed by atoms with van der Waals surface area (Å²) in [5.41, 5.74) is 6.65. The van der Waals surface area contributed by atoms with Crippen molar-refractivity contribution in [3.63, 3.8) is 0 Å². The third-order valence-electron chi connectivity index (χ3n) is 6.29. The SMILES string of the molecule is COc1ccc(Br)c2c(-c3ccccc3Cl)c(C(=O)NN=Cc3cc(Br)ccc3OC(=O)c3ccc(C)cc3)[nH]c12. The number of halogens is 3. The number of hydrazone groups is 1. The zero-order valence-electron chi connectivity index (χ0n) is 21.8. The molecular formula is C31H22Br2ClN3O4. The van der Waals surface area contributed by atoms with Crippen molar-refractivity contribution in [2.24, 2.45) is 5.10 Å². The summed E-state index contributed by atoms with van der Waals surface area (Å²) in [5, 5.41) is 5.39. The predicted molar refractivity (Wildman–Crippen MR) is 168 cm³/mol. The highest BCUT2D eigenvalue weighted by Crippen LogP contribution is 2.43. The molecule has 1 aromatic heterocycles. The summed E-state index contributed by atoms with van der Waals surface area (Å²) >= 11 is 13.6. The van der Waals surface area contributed by atoms with Crippen LogP contribution in [0.5, 0.6) is 11.5 Å². The van der Waals surface area contributed by atoms with Gasteiger partial charge < -0.3 is 14.5 Å². The Morgan fingerprint density at radius 1 is 0.976 bits per heavy atom. The fraction of sp³-hybridized carbons (Fsp3) is 0.0645. The lowest BCUT2D eigenvalue weighted by molar-refractivity contribution is 0.0734. The third kappa shape index (κ3) is 6.07. The minimum Gasteiger partial charge on any atom is -0.495 e. The van der Waals surface area contributed by atoms with Crippen LogP contribution >= 0.6 is 43.5 Å². The average Bonchev–Trinajstić information content (AvgIpc) is 3.37. The Morgan fingerprint density at radius 2 is 1.71 bits per heavy atom. The molecule has 0 aliphatic heterocycles. The van der Waals surface area contributed by atoms with E-state index in [1.54, 1.807) is 49.6 Å². The van der Waals surface area contributed by atoms with E-state index in [0.717, 1.165) is 19.9 Å². The maximum absolute atomic E-state index is 13.5. The van der Waals surface area contributed by atoms with Crippen molar-refractivity contribution < 1.29 is 19.1 Å². The Balaban J connectivity index is 1.47. The molecule has 0 aliphatic rings. The summed E-state index contributed by atoms with van der Waals surface area (Å²) in [6, 6.07) is 23.1. The van der Waals surface area contributed by atoms with Gasteiger partial charge in [-0.1, -0.05) is 79.4 Å². The van der Waals surface area contributed by atoms with Gasteiger partial charge in [-0.15, -0.1) is 0 Å². The summed E-state index contributed by atoms with van der Waals surface area (Å²) in [4.78, 5) is 29.4. The lowest BCUT2D eigenvalue weighted by Gasteiger charge is -2.09. The minimum absolute atomic E-state index is 0.246. The van der Waals surface area contributed by atoms with E-state index in [0.29, 0.717) is 38.5 Å². The normalized spacial score (nSPS) is 11.1. The van der Waals surface area contributed by atoms with Gasteiger partial charge in [-0.2, -0.15) is 5.10 Å². The number of esters is 1. The number of hydrogen-bond acceptors (Lipinski definition) is 5. The van der Waals surface area contributed by atoms with Gasteiger partial charge in [0.15, 0.2) is 0 Å². The Morgan fingerprint density at radius 3 is 2.44 bits per heavy atom. The topological polar surface area (TPSA) is 92.8 Å². The van der Waals surface area contributed by atoms with Crippen LogP contribution in [0.1, 0.15) is 32.0 Å². The molecule has 0 atom stereocenters. The van der Waals surface area contributed by atoms with Crippen molar-refractivity contribution in [2.45, 2.75) is 6.92 Å². The number of aromatic nitrogens is 1. The predicted octanol–water partition coefficient (Wildman–Crippen LogP) is 8.31. The molecule has 4 aromatic carbocycles. The number of benzene rings is 4. The molecule has 0 spiro atoms. The van der Waals surface area contributed by atoms with E-state index in [2.05, 4.69) is 47.4 Å². The fourth-order valence-corrected chi connectivity index (χ4v) is 5.43. The quantitative estimate of drug-likeness (QED) is 0.0776. The molecule has 0 unspecified atom stereocenters. The third-order valence-corrected chi connectivity index (χ3v) is 7.77. The summed E-state index contributed by atoms with van der Waals surface area (Å²) in [6.07, 6.45) is 1.41. The first kappa shape index (κ1) is 28.6. The molecule has 1 amide bonds. The number of carbonyl (C=O) groups is 2.